The topological polar surface area (TPSA) is 64.0 Å². The van der Waals surface area contributed by atoms with Crippen molar-refractivity contribution >= 4 is 28.6 Å². The van der Waals surface area contributed by atoms with Crippen molar-refractivity contribution in [3.8, 4) is 5.69 Å². The molecule has 2 aromatic carbocycles. The quantitative estimate of drug-likeness (QED) is 0.484. The Balaban J connectivity index is 2.04. The number of nitrogens with zero attached hydrogens (tertiary/aromatic N) is 2. The molecule has 0 saturated heterocycles. The van der Waals surface area contributed by atoms with Crippen LogP contribution in [0, 0.1) is 13.8 Å². The number of hydrogen-bond acceptors (Lipinski definition) is 4. The molecule has 1 N–H and O–H groups in total. The second-order valence-electron chi connectivity index (χ2n) is 7.89. The second-order valence-corrected chi connectivity index (χ2v) is 8.84. The van der Waals surface area contributed by atoms with Gasteiger partial charge in [0, 0.05) is 5.54 Å². The number of para-hydroxylation sites is 1. The van der Waals surface area contributed by atoms with Crippen LogP contribution in [-0.4, -0.2) is 26.8 Å². The van der Waals surface area contributed by atoms with Gasteiger partial charge in [0.1, 0.15) is 0 Å². The average Bonchev–Trinajstić information content (AvgIpc) is 2.68. The van der Waals surface area contributed by atoms with Gasteiger partial charge in [-0.15, -0.1) is 0 Å². The van der Waals surface area contributed by atoms with Crippen LogP contribution >= 0.6 is 11.8 Å². The van der Waals surface area contributed by atoms with E-state index in [-0.39, 0.29) is 22.8 Å². The Morgan fingerprint density at radius 1 is 1.14 bits per heavy atom. The fourth-order valence-electron chi connectivity index (χ4n) is 2.93. The number of aryl methyl sites for hydroxylation is 2. The molecule has 1 aromatic heterocycles. The molecule has 0 radical (unpaired) electrons. The van der Waals surface area contributed by atoms with E-state index in [1.807, 2.05) is 71.0 Å². The first kappa shape index (κ1) is 21.1. The zero-order chi connectivity index (χ0) is 21.2. The van der Waals surface area contributed by atoms with Crippen LogP contribution in [0.5, 0.6) is 0 Å². The molecule has 0 spiro atoms. The highest BCUT2D eigenvalue weighted by Crippen LogP contribution is 2.23. The molecule has 3 aromatic rings. The first-order valence-corrected chi connectivity index (χ1v) is 10.7. The minimum atomic E-state index is -0.262. The summed E-state index contributed by atoms with van der Waals surface area (Å²) in [6.07, 6.45) is 0.838. The molecule has 152 valence electrons. The van der Waals surface area contributed by atoms with E-state index in [2.05, 4.69) is 5.32 Å². The third-order valence-corrected chi connectivity index (χ3v) is 6.13. The van der Waals surface area contributed by atoms with Gasteiger partial charge in [0.15, 0.2) is 5.16 Å². The predicted octanol–water partition coefficient (Wildman–Crippen LogP) is 4.40. The molecule has 0 bridgehead atoms. The fourth-order valence-corrected chi connectivity index (χ4v) is 3.75. The standard InChI is InChI=1S/C23H27N3O2S/c1-6-23(4,5)25-20(27)14-29-22-24-19-10-8-7-9-18(19)21(28)26(22)17-12-11-15(2)16(3)13-17/h7-13H,6,14H2,1-5H3,(H,25,27). The summed E-state index contributed by atoms with van der Waals surface area (Å²) in [5.41, 5.74) is 3.26. The lowest BCUT2D eigenvalue weighted by molar-refractivity contribution is -0.120. The van der Waals surface area contributed by atoms with Crippen LogP contribution in [0.2, 0.25) is 0 Å². The lowest BCUT2D eigenvalue weighted by Gasteiger charge is -2.24. The van der Waals surface area contributed by atoms with Crippen LogP contribution in [0.4, 0.5) is 0 Å². The number of carbonyl (C=O) groups excluding carboxylic acids is 1. The molecule has 0 unspecified atom stereocenters. The molecule has 0 fully saturated rings. The highest BCUT2D eigenvalue weighted by atomic mass is 32.2. The Morgan fingerprint density at radius 3 is 2.55 bits per heavy atom. The van der Waals surface area contributed by atoms with E-state index in [0.717, 1.165) is 23.2 Å². The predicted molar refractivity (Wildman–Crippen MR) is 120 cm³/mol. The summed E-state index contributed by atoms with van der Waals surface area (Å²) in [6.45, 7) is 10.1. The fraction of sp³-hybridized carbons (Fsp3) is 0.348. The van der Waals surface area contributed by atoms with Crippen molar-refractivity contribution in [1.82, 2.24) is 14.9 Å². The molecular weight excluding hydrogens is 382 g/mol. The monoisotopic (exact) mass is 409 g/mol. The van der Waals surface area contributed by atoms with Crippen molar-refractivity contribution in [2.45, 2.75) is 51.7 Å². The molecule has 1 heterocycles. The molecule has 0 aliphatic rings. The summed E-state index contributed by atoms with van der Waals surface area (Å²) in [5.74, 6) is 0.120. The molecule has 0 aliphatic heterocycles. The number of rotatable bonds is 6. The number of nitrogens with one attached hydrogen (secondary N) is 1. The summed E-state index contributed by atoms with van der Waals surface area (Å²) in [7, 11) is 0. The maximum atomic E-state index is 13.3. The molecule has 0 atom stereocenters. The van der Waals surface area contributed by atoms with Gasteiger partial charge in [0.2, 0.25) is 5.91 Å². The summed E-state index contributed by atoms with van der Waals surface area (Å²) < 4.78 is 1.61. The van der Waals surface area contributed by atoms with Gasteiger partial charge in [-0.2, -0.15) is 0 Å². The van der Waals surface area contributed by atoms with Crippen LogP contribution in [0.15, 0.2) is 52.4 Å². The summed E-state index contributed by atoms with van der Waals surface area (Å²) in [5, 5.41) is 4.11. The molecular formula is C23H27N3O2S. The third-order valence-electron chi connectivity index (χ3n) is 5.19. The summed E-state index contributed by atoms with van der Waals surface area (Å²) in [6, 6.07) is 13.2. The van der Waals surface area contributed by atoms with Crippen molar-refractivity contribution in [2.75, 3.05) is 5.75 Å². The van der Waals surface area contributed by atoms with Gasteiger partial charge >= 0.3 is 0 Å². The van der Waals surface area contributed by atoms with Crippen molar-refractivity contribution in [2.24, 2.45) is 0 Å². The van der Waals surface area contributed by atoms with Gasteiger partial charge in [-0.05, 0) is 69.5 Å². The van der Waals surface area contributed by atoms with Gasteiger partial charge in [-0.1, -0.05) is 36.9 Å². The van der Waals surface area contributed by atoms with E-state index >= 15 is 0 Å². The number of hydrogen-bond donors (Lipinski definition) is 1. The maximum Gasteiger partial charge on any atom is 0.266 e. The lowest BCUT2D eigenvalue weighted by Crippen LogP contribution is -2.43. The number of carbonyl (C=O) groups is 1. The van der Waals surface area contributed by atoms with Crippen LogP contribution in [-0.2, 0) is 4.79 Å². The molecule has 1 amide bonds. The molecule has 0 saturated carbocycles. The van der Waals surface area contributed by atoms with E-state index < -0.39 is 0 Å². The number of aromatic nitrogens is 2. The average molecular weight is 410 g/mol. The van der Waals surface area contributed by atoms with Crippen LogP contribution in [0.25, 0.3) is 16.6 Å². The second kappa shape index (κ2) is 8.41. The minimum absolute atomic E-state index is 0.0732. The van der Waals surface area contributed by atoms with Crippen LogP contribution in [0.1, 0.15) is 38.3 Å². The van der Waals surface area contributed by atoms with Gasteiger partial charge in [-0.25, -0.2) is 4.98 Å². The smallest absolute Gasteiger partial charge is 0.266 e. The highest BCUT2D eigenvalue weighted by Gasteiger charge is 2.19. The largest absolute Gasteiger partial charge is 0.351 e. The van der Waals surface area contributed by atoms with E-state index in [0.29, 0.717) is 16.1 Å². The third kappa shape index (κ3) is 4.70. The Labute approximate surface area is 175 Å². The normalized spacial score (nSPS) is 11.6. The van der Waals surface area contributed by atoms with E-state index in [1.54, 1.807) is 10.6 Å². The van der Waals surface area contributed by atoms with Crippen molar-refractivity contribution in [3.63, 3.8) is 0 Å². The van der Waals surface area contributed by atoms with Crippen molar-refractivity contribution < 1.29 is 4.79 Å². The Kier molecular flexibility index (Phi) is 6.13. The molecule has 29 heavy (non-hydrogen) atoms. The zero-order valence-electron chi connectivity index (χ0n) is 17.6. The number of thioether (sulfide) groups is 1. The van der Waals surface area contributed by atoms with Gasteiger partial charge in [0.25, 0.3) is 5.56 Å². The van der Waals surface area contributed by atoms with Crippen molar-refractivity contribution in [3.05, 3.63) is 63.9 Å². The maximum absolute atomic E-state index is 13.3. The van der Waals surface area contributed by atoms with Gasteiger partial charge in [0.05, 0.1) is 22.3 Å². The van der Waals surface area contributed by atoms with Gasteiger partial charge in [-0.3, -0.25) is 14.2 Å². The first-order chi connectivity index (χ1) is 13.7. The summed E-state index contributed by atoms with van der Waals surface area (Å²) >= 11 is 1.28. The Bertz CT molecular complexity index is 1120. The lowest BCUT2D eigenvalue weighted by atomic mass is 10.0. The molecule has 5 nitrogen and oxygen atoms in total. The van der Waals surface area contributed by atoms with Crippen LogP contribution < -0.4 is 10.9 Å². The van der Waals surface area contributed by atoms with E-state index in [1.165, 1.54) is 11.8 Å². The number of amides is 1. The Morgan fingerprint density at radius 2 is 1.86 bits per heavy atom. The van der Waals surface area contributed by atoms with E-state index in [4.69, 9.17) is 4.98 Å². The first-order valence-electron chi connectivity index (χ1n) is 9.75. The molecule has 6 heteroatoms. The van der Waals surface area contributed by atoms with Crippen molar-refractivity contribution in [1.29, 1.82) is 0 Å². The Hall–Kier alpha value is -2.60. The molecule has 0 aliphatic carbocycles. The van der Waals surface area contributed by atoms with Crippen LogP contribution in [0.3, 0.4) is 0 Å². The van der Waals surface area contributed by atoms with Gasteiger partial charge < -0.3 is 5.32 Å². The zero-order valence-corrected chi connectivity index (χ0v) is 18.4. The number of fused-ring (bicyclic) bond motifs is 1. The SMILES string of the molecule is CCC(C)(C)NC(=O)CSc1nc2ccccc2c(=O)n1-c1ccc(C)c(C)c1. The highest BCUT2D eigenvalue weighted by molar-refractivity contribution is 7.99. The summed E-state index contributed by atoms with van der Waals surface area (Å²) in [4.78, 5) is 30.4. The minimum Gasteiger partial charge on any atom is -0.351 e. The van der Waals surface area contributed by atoms with E-state index in [9.17, 15) is 9.59 Å². The number of benzene rings is 2. The molecule has 3 rings (SSSR count).